The van der Waals surface area contributed by atoms with E-state index < -0.39 is 11.9 Å². The van der Waals surface area contributed by atoms with Crippen LogP contribution in [0, 0.1) is 0 Å². The highest BCUT2D eigenvalue weighted by atomic mass is 16.2. The largest absolute Gasteiger partial charge is 0.366 e. The number of carbonyl (C=O) groups is 2. The van der Waals surface area contributed by atoms with Crippen molar-refractivity contribution in [3.8, 4) is 0 Å². The van der Waals surface area contributed by atoms with E-state index in [0.29, 0.717) is 0 Å². The number of aliphatic imine (C=N–C) groups is 1. The van der Waals surface area contributed by atoms with Gasteiger partial charge in [-0.2, -0.15) is 0 Å². The molecule has 0 fully saturated rings. The second-order valence-corrected chi connectivity index (χ2v) is 1.38. The van der Waals surface area contributed by atoms with E-state index in [-0.39, 0.29) is 0 Å². The van der Waals surface area contributed by atoms with Gasteiger partial charge in [-0.25, -0.2) is 9.79 Å². The topological polar surface area (TPSA) is 98.5 Å². The van der Waals surface area contributed by atoms with Crippen molar-refractivity contribution < 1.29 is 9.59 Å². The Morgan fingerprint density at radius 1 is 1.30 bits per heavy atom. The number of hydrogen-bond acceptors (Lipinski definition) is 2. The van der Waals surface area contributed by atoms with Crippen LogP contribution in [0.25, 0.3) is 0 Å². The van der Waals surface area contributed by atoms with Crippen LogP contribution in [0.4, 0.5) is 4.79 Å². The predicted octanol–water partition coefficient (Wildman–Crippen LogP) is -0.823. The van der Waals surface area contributed by atoms with E-state index in [1.807, 2.05) is 0 Å². The van der Waals surface area contributed by atoms with Crippen LogP contribution in [0.3, 0.4) is 0 Å². The van der Waals surface area contributed by atoms with Crippen molar-refractivity contribution in [3.63, 3.8) is 0 Å². The molecule has 0 unspecified atom stereocenters. The summed E-state index contributed by atoms with van der Waals surface area (Å²) in [6, 6.07) is -0.811. The number of allylic oxidation sites excluding steroid dienone is 1. The van der Waals surface area contributed by atoms with Crippen LogP contribution >= 0.6 is 0 Å². The van der Waals surface area contributed by atoms with Crippen LogP contribution in [0.15, 0.2) is 17.1 Å². The zero-order valence-electron chi connectivity index (χ0n) is 5.15. The smallest absolute Gasteiger partial charge is 0.338 e. The maximum Gasteiger partial charge on any atom is 0.338 e. The van der Waals surface area contributed by atoms with E-state index in [1.54, 1.807) is 0 Å². The molecule has 5 heteroatoms. The Kier molecular flexibility index (Phi) is 3.55. The molecule has 0 bridgehead atoms. The highest BCUT2D eigenvalue weighted by Gasteiger charge is 1.80. The highest BCUT2D eigenvalue weighted by Crippen LogP contribution is 1.68. The molecule has 0 aromatic heterocycles. The number of hydrogen-bond donors (Lipinski definition) is 2. The fourth-order valence-electron chi connectivity index (χ4n) is 0.254. The van der Waals surface area contributed by atoms with Gasteiger partial charge in [0.1, 0.15) is 0 Å². The lowest BCUT2D eigenvalue weighted by Gasteiger charge is -1.76. The Morgan fingerprint density at radius 3 is 2.30 bits per heavy atom. The fourth-order valence-corrected chi connectivity index (χ4v) is 0.254. The third kappa shape index (κ3) is 6.35. The van der Waals surface area contributed by atoms with Gasteiger partial charge in [0.2, 0.25) is 5.91 Å². The van der Waals surface area contributed by atoms with Gasteiger partial charge in [-0.15, -0.1) is 0 Å². The van der Waals surface area contributed by atoms with E-state index in [2.05, 4.69) is 10.7 Å². The minimum absolute atomic E-state index is 0.601. The Hall–Kier alpha value is -1.65. The van der Waals surface area contributed by atoms with Crippen molar-refractivity contribution in [2.45, 2.75) is 0 Å². The van der Waals surface area contributed by atoms with Crippen molar-refractivity contribution in [1.82, 2.24) is 0 Å². The molecule has 0 heterocycles. The molecular weight excluding hydrogens is 134 g/mol. The van der Waals surface area contributed by atoms with Gasteiger partial charge in [-0.05, 0) is 6.08 Å². The van der Waals surface area contributed by atoms with Crippen LogP contribution < -0.4 is 11.5 Å². The molecule has 0 aromatic rings. The Labute approximate surface area is 57.4 Å². The molecule has 0 saturated heterocycles. The number of urea groups is 1. The van der Waals surface area contributed by atoms with E-state index in [4.69, 9.17) is 5.73 Å². The van der Waals surface area contributed by atoms with Crippen LogP contribution in [0.5, 0.6) is 0 Å². The lowest BCUT2D eigenvalue weighted by atomic mass is 10.5. The first-order valence-corrected chi connectivity index (χ1v) is 2.42. The predicted molar refractivity (Wildman–Crippen MR) is 36.4 cm³/mol. The van der Waals surface area contributed by atoms with E-state index in [9.17, 15) is 9.59 Å². The lowest BCUT2D eigenvalue weighted by molar-refractivity contribution is -0.113. The van der Waals surface area contributed by atoms with Crippen LogP contribution in [-0.4, -0.2) is 18.2 Å². The molecule has 0 aliphatic rings. The fraction of sp³-hybridized carbons (Fsp3) is 0. The Bertz CT molecular complexity index is 173. The molecule has 0 spiro atoms. The average molecular weight is 141 g/mol. The van der Waals surface area contributed by atoms with Crippen molar-refractivity contribution in [2.75, 3.05) is 0 Å². The molecule has 0 aromatic carbocycles. The van der Waals surface area contributed by atoms with Gasteiger partial charge in [0.15, 0.2) is 0 Å². The van der Waals surface area contributed by atoms with Gasteiger partial charge < -0.3 is 11.5 Å². The number of amides is 3. The third-order valence-electron chi connectivity index (χ3n) is 0.548. The van der Waals surface area contributed by atoms with E-state index in [0.717, 1.165) is 12.3 Å². The van der Waals surface area contributed by atoms with Crippen molar-refractivity contribution >= 4 is 18.2 Å². The summed E-state index contributed by atoms with van der Waals surface area (Å²) >= 11 is 0. The first-order chi connectivity index (χ1) is 4.63. The quantitative estimate of drug-likeness (QED) is 0.387. The molecule has 10 heavy (non-hydrogen) atoms. The van der Waals surface area contributed by atoms with Gasteiger partial charge in [-0.1, -0.05) is 0 Å². The summed E-state index contributed by atoms with van der Waals surface area (Å²) in [7, 11) is 0. The summed E-state index contributed by atoms with van der Waals surface area (Å²) in [5.41, 5.74) is 9.33. The summed E-state index contributed by atoms with van der Waals surface area (Å²) in [6.07, 6.45) is 3.38. The molecule has 5 nitrogen and oxygen atoms in total. The summed E-state index contributed by atoms with van der Waals surface area (Å²) in [4.78, 5) is 23.0. The number of nitrogens with zero attached hydrogens (tertiary/aromatic N) is 1. The number of nitrogens with two attached hydrogens (primary N) is 2. The first kappa shape index (κ1) is 8.35. The van der Waals surface area contributed by atoms with Crippen LogP contribution in [0.1, 0.15) is 0 Å². The SMILES string of the molecule is NC(=O)C=CC=NC(N)=O. The average Bonchev–Trinajstić information content (AvgIpc) is 1.79. The number of rotatable bonds is 2. The number of primary amides is 2. The Morgan fingerprint density at radius 2 is 1.90 bits per heavy atom. The molecule has 54 valence electrons. The molecule has 3 amide bonds. The summed E-state index contributed by atoms with van der Waals surface area (Å²) in [5.74, 6) is -0.601. The summed E-state index contributed by atoms with van der Waals surface area (Å²) < 4.78 is 0. The zero-order chi connectivity index (χ0) is 7.98. The zero-order valence-corrected chi connectivity index (χ0v) is 5.15. The van der Waals surface area contributed by atoms with Crippen molar-refractivity contribution in [1.29, 1.82) is 0 Å². The van der Waals surface area contributed by atoms with E-state index in [1.165, 1.54) is 6.08 Å². The number of carbonyl (C=O) groups excluding carboxylic acids is 2. The minimum Gasteiger partial charge on any atom is -0.366 e. The standard InChI is InChI=1S/C5H7N3O2/c6-4(9)2-1-3-8-5(7)10/h1-3H,(H2,6,9)(H2,7,10). The molecule has 4 N–H and O–H groups in total. The van der Waals surface area contributed by atoms with Crippen molar-refractivity contribution in [3.05, 3.63) is 12.2 Å². The van der Waals surface area contributed by atoms with Gasteiger partial charge >= 0.3 is 6.03 Å². The molecule has 0 radical (unpaired) electrons. The third-order valence-corrected chi connectivity index (χ3v) is 0.548. The normalized spacial score (nSPS) is 10.8. The van der Waals surface area contributed by atoms with Gasteiger partial charge in [0.05, 0.1) is 0 Å². The molecule has 0 aliphatic heterocycles. The monoisotopic (exact) mass is 141 g/mol. The summed E-state index contributed by atoms with van der Waals surface area (Å²) in [6.45, 7) is 0. The van der Waals surface area contributed by atoms with E-state index >= 15 is 0 Å². The Balaban J connectivity index is 3.73. The summed E-state index contributed by atoms with van der Waals surface area (Å²) in [5, 5.41) is 0. The highest BCUT2D eigenvalue weighted by molar-refractivity contribution is 5.93. The van der Waals surface area contributed by atoms with Crippen molar-refractivity contribution in [2.24, 2.45) is 16.5 Å². The maximum atomic E-state index is 10.0. The van der Waals surface area contributed by atoms with Gasteiger partial charge in [0.25, 0.3) is 0 Å². The second kappa shape index (κ2) is 4.25. The molecule has 0 atom stereocenters. The maximum absolute atomic E-state index is 10.0. The van der Waals surface area contributed by atoms with Gasteiger partial charge in [0, 0.05) is 12.3 Å². The first-order valence-electron chi connectivity index (χ1n) is 2.42. The van der Waals surface area contributed by atoms with Crippen LogP contribution in [-0.2, 0) is 4.79 Å². The van der Waals surface area contributed by atoms with Crippen LogP contribution in [0.2, 0.25) is 0 Å². The van der Waals surface area contributed by atoms with Gasteiger partial charge in [-0.3, -0.25) is 4.79 Å². The molecule has 0 rings (SSSR count). The molecular formula is C5H7N3O2. The second-order valence-electron chi connectivity index (χ2n) is 1.38. The molecule has 0 saturated carbocycles. The minimum atomic E-state index is -0.811. The lowest BCUT2D eigenvalue weighted by Crippen LogP contribution is -2.06. The molecule has 0 aliphatic carbocycles.